The Morgan fingerprint density at radius 1 is 1.37 bits per heavy atom. The molecule has 102 valence electrons. The van der Waals surface area contributed by atoms with Gasteiger partial charge in [-0.15, -0.1) is 5.10 Å². The summed E-state index contributed by atoms with van der Waals surface area (Å²) in [5.41, 5.74) is 0. The zero-order valence-corrected chi connectivity index (χ0v) is 10.7. The fraction of sp³-hybridized carbons (Fsp3) is 0.455. The molecule has 0 saturated heterocycles. The second-order valence-corrected chi connectivity index (χ2v) is 3.87. The lowest BCUT2D eigenvalue weighted by Gasteiger charge is -2.08. The summed E-state index contributed by atoms with van der Waals surface area (Å²) < 4.78 is 15.2. The van der Waals surface area contributed by atoms with Crippen LogP contribution in [0.4, 0.5) is 16.2 Å². The van der Waals surface area contributed by atoms with Gasteiger partial charge >= 0.3 is 0 Å². The SMILES string of the molecule is CCNc1ncc(F)c(NCCCn2ccnn2)n1. The molecule has 0 aliphatic carbocycles. The number of aryl methyl sites for hydroxylation is 1. The smallest absolute Gasteiger partial charge is 0.224 e. The Balaban J connectivity index is 1.83. The van der Waals surface area contributed by atoms with E-state index in [0.717, 1.165) is 19.2 Å². The highest BCUT2D eigenvalue weighted by molar-refractivity contribution is 5.40. The van der Waals surface area contributed by atoms with Crippen molar-refractivity contribution < 1.29 is 4.39 Å². The van der Waals surface area contributed by atoms with Crippen LogP contribution in [0.5, 0.6) is 0 Å². The van der Waals surface area contributed by atoms with Crippen LogP contribution in [0.25, 0.3) is 0 Å². The van der Waals surface area contributed by atoms with E-state index >= 15 is 0 Å². The van der Waals surface area contributed by atoms with Crippen molar-refractivity contribution in [3.63, 3.8) is 0 Å². The molecule has 2 rings (SSSR count). The van der Waals surface area contributed by atoms with E-state index < -0.39 is 5.82 Å². The summed E-state index contributed by atoms with van der Waals surface area (Å²) in [6.07, 6.45) is 5.36. The number of hydrogen-bond acceptors (Lipinski definition) is 6. The first kappa shape index (κ1) is 13.2. The second-order valence-electron chi connectivity index (χ2n) is 3.87. The van der Waals surface area contributed by atoms with Crippen LogP contribution >= 0.6 is 0 Å². The van der Waals surface area contributed by atoms with Crippen molar-refractivity contribution in [1.29, 1.82) is 0 Å². The molecular formula is C11H16FN7. The van der Waals surface area contributed by atoms with Crippen molar-refractivity contribution >= 4 is 11.8 Å². The Bertz CT molecular complexity index is 500. The molecule has 8 heteroatoms. The van der Waals surface area contributed by atoms with Crippen molar-refractivity contribution in [2.45, 2.75) is 19.9 Å². The third kappa shape index (κ3) is 3.87. The van der Waals surface area contributed by atoms with Crippen LogP contribution in [0, 0.1) is 5.82 Å². The standard InChI is InChI=1S/C11H16FN7/c1-2-13-11-15-8-9(12)10(17-11)14-4-3-6-19-7-5-16-18-19/h5,7-8H,2-4,6H2,1H3,(H2,13,14,15,17). The molecule has 0 aliphatic heterocycles. The summed E-state index contributed by atoms with van der Waals surface area (Å²) in [5, 5.41) is 13.4. The van der Waals surface area contributed by atoms with Gasteiger partial charge in [0.25, 0.3) is 0 Å². The van der Waals surface area contributed by atoms with Gasteiger partial charge in [-0.25, -0.2) is 9.37 Å². The number of halogens is 1. The summed E-state index contributed by atoms with van der Waals surface area (Å²) in [7, 11) is 0. The number of nitrogens with one attached hydrogen (secondary N) is 2. The first-order valence-corrected chi connectivity index (χ1v) is 6.14. The lowest BCUT2D eigenvalue weighted by Crippen LogP contribution is -2.11. The van der Waals surface area contributed by atoms with E-state index in [9.17, 15) is 4.39 Å². The highest BCUT2D eigenvalue weighted by Crippen LogP contribution is 2.11. The molecule has 2 aromatic rings. The second kappa shape index (κ2) is 6.62. The molecular weight excluding hydrogens is 249 g/mol. The summed E-state index contributed by atoms with van der Waals surface area (Å²) in [6, 6.07) is 0. The summed E-state index contributed by atoms with van der Waals surface area (Å²) in [6.45, 7) is 3.94. The summed E-state index contributed by atoms with van der Waals surface area (Å²) in [5.74, 6) is 0.176. The predicted molar refractivity (Wildman–Crippen MR) is 69.3 cm³/mol. The number of anilines is 2. The van der Waals surface area contributed by atoms with Crippen molar-refractivity contribution in [2.75, 3.05) is 23.7 Å². The molecule has 2 N–H and O–H groups in total. The average molecular weight is 265 g/mol. The van der Waals surface area contributed by atoms with Crippen LogP contribution in [0.1, 0.15) is 13.3 Å². The molecule has 2 aromatic heterocycles. The normalized spacial score (nSPS) is 10.4. The number of hydrogen-bond donors (Lipinski definition) is 2. The van der Waals surface area contributed by atoms with Gasteiger partial charge in [-0.1, -0.05) is 5.21 Å². The molecule has 0 radical (unpaired) electrons. The highest BCUT2D eigenvalue weighted by Gasteiger charge is 2.05. The summed E-state index contributed by atoms with van der Waals surface area (Å²) >= 11 is 0. The Labute approximate surface area is 110 Å². The minimum atomic E-state index is -0.456. The van der Waals surface area contributed by atoms with Crippen molar-refractivity contribution in [2.24, 2.45) is 0 Å². The molecule has 0 unspecified atom stereocenters. The maximum atomic E-state index is 13.5. The highest BCUT2D eigenvalue weighted by atomic mass is 19.1. The zero-order chi connectivity index (χ0) is 13.5. The first-order valence-electron chi connectivity index (χ1n) is 6.14. The molecule has 0 fully saturated rings. The molecule has 0 saturated carbocycles. The van der Waals surface area contributed by atoms with E-state index in [4.69, 9.17) is 0 Å². The van der Waals surface area contributed by atoms with Gasteiger partial charge in [0.2, 0.25) is 5.95 Å². The minimum Gasteiger partial charge on any atom is -0.367 e. The van der Waals surface area contributed by atoms with Crippen molar-refractivity contribution in [3.05, 3.63) is 24.4 Å². The largest absolute Gasteiger partial charge is 0.367 e. The predicted octanol–water partition coefficient (Wildman–Crippen LogP) is 1.14. The number of rotatable bonds is 7. The maximum Gasteiger partial charge on any atom is 0.224 e. The molecule has 2 heterocycles. The Kier molecular flexibility index (Phi) is 4.60. The van der Waals surface area contributed by atoms with Crippen LogP contribution in [-0.4, -0.2) is 38.1 Å². The van der Waals surface area contributed by atoms with Crippen LogP contribution in [0.2, 0.25) is 0 Å². The summed E-state index contributed by atoms with van der Waals surface area (Å²) in [4.78, 5) is 7.89. The van der Waals surface area contributed by atoms with Crippen LogP contribution < -0.4 is 10.6 Å². The Morgan fingerprint density at radius 2 is 2.26 bits per heavy atom. The third-order valence-corrected chi connectivity index (χ3v) is 2.41. The van der Waals surface area contributed by atoms with Crippen LogP contribution in [0.3, 0.4) is 0 Å². The average Bonchev–Trinajstić information content (AvgIpc) is 2.91. The lowest BCUT2D eigenvalue weighted by atomic mass is 10.4. The van der Waals surface area contributed by atoms with Crippen LogP contribution in [0.15, 0.2) is 18.6 Å². The Hall–Kier alpha value is -2.25. The lowest BCUT2D eigenvalue weighted by molar-refractivity contribution is 0.567. The molecule has 19 heavy (non-hydrogen) atoms. The topological polar surface area (TPSA) is 80.5 Å². The van der Waals surface area contributed by atoms with Gasteiger partial charge in [0, 0.05) is 25.8 Å². The zero-order valence-electron chi connectivity index (χ0n) is 10.7. The molecule has 0 spiro atoms. The van der Waals surface area contributed by atoms with Gasteiger partial charge in [-0.2, -0.15) is 4.98 Å². The first-order chi connectivity index (χ1) is 9.29. The third-order valence-electron chi connectivity index (χ3n) is 2.41. The number of aromatic nitrogens is 5. The number of nitrogens with zero attached hydrogens (tertiary/aromatic N) is 5. The van der Waals surface area contributed by atoms with Crippen LogP contribution in [-0.2, 0) is 6.54 Å². The monoisotopic (exact) mass is 265 g/mol. The molecule has 0 bridgehead atoms. The van der Waals surface area contributed by atoms with Gasteiger partial charge in [-0.3, -0.25) is 4.68 Å². The molecule has 7 nitrogen and oxygen atoms in total. The maximum absolute atomic E-state index is 13.5. The van der Waals surface area contributed by atoms with Crippen molar-refractivity contribution in [3.8, 4) is 0 Å². The van der Waals surface area contributed by atoms with Gasteiger partial charge in [0.05, 0.1) is 12.4 Å². The quantitative estimate of drug-likeness (QED) is 0.731. The molecule has 0 amide bonds. The van der Waals surface area contributed by atoms with Crippen molar-refractivity contribution in [1.82, 2.24) is 25.0 Å². The molecule has 0 aliphatic rings. The van der Waals surface area contributed by atoms with Gasteiger partial charge in [0.15, 0.2) is 11.6 Å². The molecule has 0 atom stereocenters. The fourth-order valence-electron chi connectivity index (χ4n) is 1.53. The minimum absolute atomic E-state index is 0.213. The van der Waals surface area contributed by atoms with Gasteiger partial charge in [0.1, 0.15) is 0 Å². The van der Waals surface area contributed by atoms with E-state index in [0.29, 0.717) is 19.0 Å². The molecule has 0 aromatic carbocycles. The van der Waals surface area contributed by atoms with E-state index in [1.165, 1.54) is 0 Å². The fourth-order valence-corrected chi connectivity index (χ4v) is 1.53. The van der Waals surface area contributed by atoms with E-state index in [1.54, 1.807) is 17.1 Å². The van der Waals surface area contributed by atoms with E-state index in [-0.39, 0.29) is 5.82 Å². The van der Waals surface area contributed by atoms with Gasteiger partial charge in [-0.05, 0) is 13.3 Å². The Morgan fingerprint density at radius 3 is 3.00 bits per heavy atom. The van der Waals surface area contributed by atoms with Gasteiger partial charge < -0.3 is 10.6 Å². The van der Waals surface area contributed by atoms with E-state index in [2.05, 4.69) is 30.9 Å². The van der Waals surface area contributed by atoms with E-state index in [1.807, 2.05) is 6.92 Å².